The summed E-state index contributed by atoms with van der Waals surface area (Å²) in [6.45, 7) is 5.87. The van der Waals surface area contributed by atoms with Gasteiger partial charge in [-0.25, -0.2) is 0 Å². The van der Waals surface area contributed by atoms with E-state index in [-0.39, 0.29) is 5.78 Å². The quantitative estimate of drug-likeness (QED) is 0.798. The van der Waals surface area contributed by atoms with Crippen LogP contribution in [0, 0.1) is 13.8 Å². The van der Waals surface area contributed by atoms with Crippen LogP contribution in [-0.4, -0.2) is 18.9 Å². The fourth-order valence-corrected chi connectivity index (χ4v) is 1.92. The Labute approximate surface area is 103 Å². The van der Waals surface area contributed by atoms with Gasteiger partial charge in [-0.15, -0.1) is 0 Å². The van der Waals surface area contributed by atoms with Crippen molar-refractivity contribution in [3.63, 3.8) is 0 Å². The van der Waals surface area contributed by atoms with E-state index in [0.717, 1.165) is 29.7 Å². The van der Waals surface area contributed by atoms with E-state index in [9.17, 15) is 4.79 Å². The molecule has 3 nitrogen and oxygen atoms in total. The highest BCUT2D eigenvalue weighted by atomic mass is 16.5. The van der Waals surface area contributed by atoms with Gasteiger partial charge >= 0.3 is 0 Å². The average Bonchev–Trinajstić information content (AvgIpc) is 2.31. The first-order valence-corrected chi connectivity index (χ1v) is 5.96. The van der Waals surface area contributed by atoms with E-state index in [0.29, 0.717) is 5.56 Å². The number of nitrogens with two attached hydrogens (primary N) is 1. The topological polar surface area (TPSA) is 52.3 Å². The fourth-order valence-electron chi connectivity index (χ4n) is 1.92. The molecule has 0 bridgehead atoms. The summed E-state index contributed by atoms with van der Waals surface area (Å²) in [6.07, 6.45) is 1.64. The first-order chi connectivity index (χ1) is 8.01. The predicted octanol–water partition coefficient (Wildman–Crippen LogP) is 2.62. The van der Waals surface area contributed by atoms with Gasteiger partial charge < -0.3 is 10.5 Å². The van der Waals surface area contributed by atoms with Crippen molar-refractivity contribution in [2.75, 3.05) is 7.11 Å². The van der Waals surface area contributed by atoms with Crippen LogP contribution in [0.4, 0.5) is 0 Å². The van der Waals surface area contributed by atoms with Crippen LogP contribution in [0.3, 0.4) is 0 Å². The van der Waals surface area contributed by atoms with Crippen molar-refractivity contribution in [1.82, 2.24) is 0 Å². The number of ketones is 1. The maximum Gasteiger partial charge on any atom is 0.179 e. The molecular weight excluding hydrogens is 214 g/mol. The number of methoxy groups -OCH3 is 1. The van der Waals surface area contributed by atoms with Crippen molar-refractivity contribution in [3.05, 3.63) is 28.8 Å². The Morgan fingerprint density at radius 1 is 1.35 bits per heavy atom. The summed E-state index contributed by atoms with van der Waals surface area (Å²) in [4.78, 5) is 12.1. The molecule has 0 amide bonds. The van der Waals surface area contributed by atoms with E-state index in [1.54, 1.807) is 7.11 Å². The molecule has 1 aromatic rings. The number of carbonyl (C=O) groups is 1. The molecule has 0 spiro atoms. The molecule has 0 saturated heterocycles. The SMILES string of the molecule is CCCC(N)C(=O)c1cc(C)c(OC)cc1C. The maximum atomic E-state index is 12.1. The molecule has 0 aliphatic rings. The van der Waals surface area contributed by atoms with E-state index in [4.69, 9.17) is 10.5 Å². The third-order valence-corrected chi connectivity index (χ3v) is 2.94. The molecule has 94 valence electrons. The summed E-state index contributed by atoms with van der Waals surface area (Å²) in [5.41, 5.74) is 8.46. The molecular formula is C14H21NO2. The zero-order chi connectivity index (χ0) is 13.0. The van der Waals surface area contributed by atoms with Gasteiger partial charge in [0.15, 0.2) is 5.78 Å². The normalized spacial score (nSPS) is 12.3. The monoisotopic (exact) mass is 235 g/mol. The van der Waals surface area contributed by atoms with Gasteiger partial charge in [0, 0.05) is 5.56 Å². The van der Waals surface area contributed by atoms with Crippen molar-refractivity contribution in [3.8, 4) is 5.75 Å². The number of carbonyl (C=O) groups excluding carboxylic acids is 1. The number of hydrogen-bond acceptors (Lipinski definition) is 3. The van der Waals surface area contributed by atoms with Crippen molar-refractivity contribution < 1.29 is 9.53 Å². The molecule has 0 heterocycles. The van der Waals surface area contributed by atoms with Gasteiger partial charge in [-0.3, -0.25) is 4.79 Å². The largest absolute Gasteiger partial charge is 0.496 e. The van der Waals surface area contributed by atoms with E-state index < -0.39 is 6.04 Å². The molecule has 3 heteroatoms. The average molecular weight is 235 g/mol. The van der Waals surface area contributed by atoms with Gasteiger partial charge in [0.2, 0.25) is 0 Å². The standard InChI is InChI=1S/C14H21NO2/c1-5-6-12(15)14(16)11-7-10(3)13(17-4)8-9(11)2/h7-8,12H,5-6,15H2,1-4H3. The molecule has 0 saturated carbocycles. The second-order valence-electron chi connectivity index (χ2n) is 4.40. The Morgan fingerprint density at radius 3 is 2.53 bits per heavy atom. The van der Waals surface area contributed by atoms with Crippen molar-refractivity contribution in [2.24, 2.45) is 5.73 Å². The number of rotatable bonds is 5. The molecule has 1 rings (SSSR count). The predicted molar refractivity (Wildman–Crippen MR) is 69.7 cm³/mol. The lowest BCUT2D eigenvalue weighted by Crippen LogP contribution is -2.30. The molecule has 0 aliphatic heterocycles. The number of Topliss-reactive ketones (excluding diaryl/α,β-unsaturated/α-hetero) is 1. The lowest BCUT2D eigenvalue weighted by atomic mass is 9.95. The maximum absolute atomic E-state index is 12.1. The molecule has 0 aromatic heterocycles. The molecule has 1 unspecified atom stereocenters. The molecule has 1 aromatic carbocycles. The van der Waals surface area contributed by atoms with Gasteiger partial charge in [-0.1, -0.05) is 13.3 Å². The number of aryl methyl sites for hydroxylation is 2. The van der Waals surface area contributed by atoms with Gasteiger partial charge in [0.1, 0.15) is 5.75 Å². The molecule has 1 atom stereocenters. The summed E-state index contributed by atoms with van der Waals surface area (Å²) in [5, 5.41) is 0. The Bertz CT molecular complexity index is 413. The first-order valence-electron chi connectivity index (χ1n) is 5.96. The van der Waals surface area contributed by atoms with Crippen LogP contribution in [0.5, 0.6) is 5.75 Å². The molecule has 17 heavy (non-hydrogen) atoms. The summed E-state index contributed by atoms with van der Waals surface area (Å²) in [7, 11) is 1.63. The van der Waals surface area contributed by atoms with Crippen LogP contribution in [0.15, 0.2) is 12.1 Å². The summed E-state index contributed by atoms with van der Waals surface area (Å²) >= 11 is 0. The second kappa shape index (κ2) is 5.82. The zero-order valence-corrected chi connectivity index (χ0v) is 11.0. The Kier molecular flexibility index (Phi) is 4.70. The Balaban J connectivity index is 3.06. The highest BCUT2D eigenvalue weighted by molar-refractivity contribution is 6.01. The minimum absolute atomic E-state index is 0.0232. The Morgan fingerprint density at radius 2 is 2.00 bits per heavy atom. The molecule has 0 fully saturated rings. The van der Waals surface area contributed by atoms with Crippen LogP contribution in [0.1, 0.15) is 41.3 Å². The zero-order valence-electron chi connectivity index (χ0n) is 11.0. The lowest BCUT2D eigenvalue weighted by Gasteiger charge is -2.14. The van der Waals surface area contributed by atoms with Crippen molar-refractivity contribution in [1.29, 1.82) is 0 Å². The van der Waals surface area contributed by atoms with Gasteiger partial charge in [0.05, 0.1) is 13.2 Å². The smallest absolute Gasteiger partial charge is 0.179 e. The third kappa shape index (κ3) is 3.07. The number of benzene rings is 1. The highest BCUT2D eigenvalue weighted by Crippen LogP contribution is 2.23. The summed E-state index contributed by atoms with van der Waals surface area (Å²) in [6, 6.07) is 3.36. The Hall–Kier alpha value is -1.35. The van der Waals surface area contributed by atoms with E-state index in [1.807, 2.05) is 32.9 Å². The van der Waals surface area contributed by atoms with Crippen LogP contribution in [-0.2, 0) is 0 Å². The van der Waals surface area contributed by atoms with Gasteiger partial charge in [0.25, 0.3) is 0 Å². The van der Waals surface area contributed by atoms with Gasteiger partial charge in [-0.2, -0.15) is 0 Å². The molecule has 2 N–H and O–H groups in total. The lowest BCUT2D eigenvalue weighted by molar-refractivity contribution is 0.0956. The van der Waals surface area contributed by atoms with Crippen molar-refractivity contribution >= 4 is 5.78 Å². The van der Waals surface area contributed by atoms with Crippen LogP contribution in [0.2, 0.25) is 0 Å². The van der Waals surface area contributed by atoms with Crippen molar-refractivity contribution in [2.45, 2.75) is 39.7 Å². The summed E-state index contributed by atoms with van der Waals surface area (Å²) < 4.78 is 5.23. The minimum Gasteiger partial charge on any atom is -0.496 e. The molecule has 0 aliphatic carbocycles. The molecule has 0 radical (unpaired) electrons. The van der Waals surface area contributed by atoms with Crippen LogP contribution < -0.4 is 10.5 Å². The van der Waals surface area contributed by atoms with E-state index in [1.165, 1.54) is 0 Å². The minimum atomic E-state index is -0.397. The number of ether oxygens (including phenoxy) is 1. The van der Waals surface area contributed by atoms with E-state index >= 15 is 0 Å². The van der Waals surface area contributed by atoms with Crippen LogP contribution >= 0.6 is 0 Å². The van der Waals surface area contributed by atoms with E-state index in [2.05, 4.69) is 0 Å². The summed E-state index contributed by atoms with van der Waals surface area (Å²) in [5.74, 6) is 0.832. The second-order valence-corrected chi connectivity index (χ2v) is 4.40. The first kappa shape index (κ1) is 13.7. The van der Waals surface area contributed by atoms with Crippen LogP contribution in [0.25, 0.3) is 0 Å². The highest BCUT2D eigenvalue weighted by Gasteiger charge is 2.18. The fraction of sp³-hybridized carbons (Fsp3) is 0.500. The third-order valence-electron chi connectivity index (χ3n) is 2.94. The van der Waals surface area contributed by atoms with Gasteiger partial charge in [-0.05, 0) is 43.5 Å². The number of hydrogen-bond donors (Lipinski definition) is 1.